The summed E-state index contributed by atoms with van der Waals surface area (Å²) in [5.41, 5.74) is 1.83. The van der Waals surface area contributed by atoms with Crippen molar-refractivity contribution in [1.82, 2.24) is 14.8 Å². The van der Waals surface area contributed by atoms with Crippen LogP contribution in [0.1, 0.15) is 27.7 Å². The molecule has 0 spiro atoms. The number of carbonyl (C=O) groups is 1. The molecule has 0 aliphatic rings. The van der Waals surface area contributed by atoms with E-state index in [0.717, 1.165) is 11.4 Å². The van der Waals surface area contributed by atoms with Crippen LogP contribution in [0.25, 0.3) is 0 Å². The number of aryl methyl sites for hydroxylation is 2. The normalized spacial score (nSPS) is 10.7. The molecule has 0 saturated carbocycles. The predicted octanol–water partition coefficient (Wildman–Crippen LogP) is 4.49. The van der Waals surface area contributed by atoms with Crippen molar-refractivity contribution in [3.8, 4) is 11.5 Å². The Labute approximate surface area is 182 Å². The number of carbonyl (C=O) groups excluding carboxylic acids is 1. The number of nitrogens with zero attached hydrogens (tertiary/aromatic N) is 4. The maximum atomic E-state index is 12.7. The molecule has 0 atom stereocenters. The molecular formula is C22H19N5O5. The number of nitro groups is 1. The first-order chi connectivity index (χ1) is 15.4. The Morgan fingerprint density at radius 1 is 1.19 bits per heavy atom. The van der Waals surface area contributed by atoms with E-state index >= 15 is 0 Å². The molecule has 0 aliphatic heterocycles. The molecule has 4 aromatic rings. The van der Waals surface area contributed by atoms with Gasteiger partial charge in [0.25, 0.3) is 11.6 Å². The summed E-state index contributed by atoms with van der Waals surface area (Å²) >= 11 is 0. The van der Waals surface area contributed by atoms with Gasteiger partial charge in [0, 0.05) is 24.0 Å². The minimum absolute atomic E-state index is 0.0720. The maximum absolute atomic E-state index is 12.7. The van der Waals surface area contributed by atoms with Crippen LogP contribution in [0.4, 0.5) is 11.4 Å². The van der Waals surface area contributed by atoms with Crippen molar-refractivity contribution >= 4 is 17.3 Å². The van der Waals surface area contributed by atoms with Gasteiger partial charge in [-0.3, -0.25) is 24.6 Å². The highest BCUT2D eigenvalue weighted by Crippen LogP contribution is 2.29. The topological polar surface area (TPSA) is 125 Å². The second kappa shape index (κ2) is 8.72. The van der Waals surface area contributed by atoms with Crippen LogP contribution in [-0.2, 0) is 6.54 Å². The van der Waals surface area contributed by atoms with Gasteiger partial charge in [-0.1, -0.05) is 0 Å². The zero-order chi connectivity index (χ0) is 22.7. The van der Waals surface area contributed by atoms with E-state index in [1.54, 1.807) is 35.1 Å². The van der Waals surface area contributed by atoms with Gasteiger partial charge >= 0.3 is 0 Å². The van der Waals surface area contributed by atoms with Crippen LogP contribution in [0, 0.1) is 24.0 Å². The van der Waals surface area contributed by atoms with Crippen LogP contribution in [0.3, 0.4) is 0 Å². The molecule has 0 saturated heterocycles. The zero-order valence-corrected chi connectivity index (χ0v) is 17.3. The van der Waals surface area contributed by atoms with Gasteiger partial charge in [0.15, 0.2) is 5.76 Å². The van der Waals surface area contributed by atoms with E-state index in [0.29, 0.717) is 18.1 Å². The molecule has 3 heterocycles. The molecule has 10 nitrogen and oxygen atoms in total. The van der Waals surface area contributed by atoms with E-state index in [4.69, 9.17) is 9.15 Å². The molecule has 0 radical (unpaired) electrons. The number of nitro benzene ring substituents is 1. The second-order valence-corrected chi connectivity index (χ2v) is 7.07. The molecule has 3 aromatic heterocycles. The molecule has 1 N–H and O–H groups in total. The highest BCUT2D eigenvalue weighted by molar-refractivity contribution is 6.02. The fourth-order valence-electron chi connectivity index (χ4n) is 3.12. The van der Waals surface area contributed by atoms with Crippen LogP contribution >= 0.6 is 0 Å². The molecule has 1 aromatic carbocycles. The fraction of sp³-hybridized carbons (Fsp3) is 0.136. The van der Waals surface area contributed by atoms with E-state index < -0.39 is 10.8 Å². The standard InChI is InChI=1S/C22H19N5O5/c1-14-8-15(2)26(25-14)13-19-5-6-21(32-19)22(28)24-16-9-17(27(29)30)11-20(10-16)31-18-4-3-7-23-12-18/h3-12H,13H2,1-2H3,(H,24,28). The molecule has 32 heavy (non-hydrogen) atoms. The maximum Gasteiger partial charge on any atom is 0.291 e. The minimum Gasteiger partial charge on any atom is -0.455 e. The molecule has 162 valence electrons. The third kappa shape index (κ3) is 4.81. The average molecular weight is 433 g/mol. The summed E-state index contributed by atoms with van der Waals surface area (Å²) in [6, 6.07) is 12.5. The molecule has 0 aliphatic carbocycles. The number of hydrogen-bond donors (Lipinski definition) is 1. The van der Waals surface area contributed by atoms with Gasteiger partial charge in [-0.05, 0) is 44.2 Å². The van der Waals surface area contributed by atoms with Gasteiger partial charge in [0.1, 0.15) is 17.3 Å². The molecular weight excluding hydrogens is 414 g/mol. The lowest BCUT2D eigenvalue weighted by atomic mass is 10.2. The summed E-state index contributed by atoms with van der Waals surface area (Å²) < 4.78 is 13.0. The Hall–Kier alpha value is -4.47. The first-order valence-corrected chi connectivity index (χ1v) is 9.66. The van der Waals surface area contributed by atoms with Crippen molar-refractivity contribution in [1.29, 1.82) is 0 Å². The van der Waals surface area contributed by atoms with Gasteiger partial charge < -0.3 is 14.5 Å². The van der Waals surface area contributed by atoms with Crippen LogP contribution < -0.4 is 10.1 Å². The van der Waals surface area contributed by atoms with Crippen molar-refractivity contribution in [2.45, 2.75) is 20.4 Å². The number of ether oxygens (including phenoxy) is 1. The summed E-state index contributed by atoms with van der Waals surface area (Å²) in [6.45, 7) is 4.22. The minimum atomic E-state index is -0.564. The van der Waals surface area contributed by atoms with E-state index in [2.05, 4.69) is 15.4 Å². The van der Waals surface area contributed by atoms with Crippen LogP contribution in [0.15, 0.2) is 65.3 Å². The van der Waals surface area contributed by atoms with E-state index in [1.165, 1.54) is 24.4 Å². The summed E-state index contributed by atoms with van der Waals surface area (Å²) in [5, 5.41) is 18.3. The fourth-order valence-corrected chi connectivity index (χ4v) is 3.12. The van der Waals surface area contributed by atoms with E-state index in [1.807, 2.05) is 19.9 Å². The number of furan rings is 1. The zero-order valence-electron chi connectivity index (χ0n) is 17.3. The number of pyridine rings is 1. The average Bonchev–Trinajstić information content (AvgIpc) is 3.34. The number of nitrogens with one attached hydrogen (secondary N) is 1. The van der Waals surface area contributed by atoms with Crippen molar-refractivity contribution in [3.63, 3.8) is 0 Å². The Morgan fingerprint density at radius 2 is 2.03 bits per heavy atom. The van der Waals surface area contributed by atoms with Gasteiger partial charge in [0.05, 0.1) is 35.1 Å². The smallest absolute Gasteiger partial charge is 0.291 e. The third-order valence-electron chi connectivity index (χ3n) is 4.52. The Kier molecular flexibility index (Phi) is 5.67. The number of benzene rings is 1. The first kappa shape index (κ1) is 20.8. The second-order valence-electron chi connectivity index (χ2n) is 7.07. The van der Waals surface area contributed by atoms with Crippen molar-refractivity contribution in [2.75, 3.05) is 5.32 Å². The monoisotopic (exact) mass is 433 g/mol. The van der Waals surface area contributed by atoms with Crippen molar-refractivity contribution in [3.05, 3.63) is 93.9 Å². The molecule has 0 fully saturated rings. The van der Waals surface area contributed by atoms with E-state index in [9.17, 15) is 14.9 Å². The lowest BCUT2D eigenvalue weighted by molar-refractivity contribution is -0.384. The number of non-ortho nitro benzene ring substituents is 1. The van der Waals surface area contributed by atoms with Crippen molar-refractivity contribution in [2.24, 2.45) is 0 Å². The Bertz CT molecular complexity index is 1280. The number of rotatable bonds is 7. The third-order valence-corrected chi connectivity index (χ3v) is 4.52. The van der Waals surface area contributed by atoms with Gasteiger partial charge in [-0.2, -0.15) is 5.10 Å². The highest BCUT2D eigenvalue weighted by Gasteiger charge is 2.17. The lowest BCUT2D eigenvalue weighted by Crippen LogP contribution is -2.11. The molecule has 1 amide bonds. The van der Waals surface area contributed by atoms with Crippen LogP contribution in [-0.4, -0.2) is 25.6 Å². The summed E-state index contributed by atoms with van der Waals surface area (Å²) in [6.07, 6.45) is 3.06. The Morgan fingerprint density at radius 3 is 2.72 bits per heavy atom. The van der Waals surface area contributed by atoms with Crippen molar-refractivity contribution < 1.29 is 18.9 Å². The predicted molar refractivity (Wildman–Crippen MR) is 115 cm³/mol. The highest BCUT2D eigenvalue weighted by atomic mass is 16.6. The Balaban J connectivity index is 1.51. The SMILES string of the molecule is Cc1cc(C)n(Cc2ccc(C(=O)Nc3cc(Oc4cccnc4)cc([N+](=O)[O-])c3)o2)n1. The molecule has 10 heteroatoms. The summed E-state index contributed by atoms with van der Waals surface area (Å²) in [7, 11) is 0. The van der Waals surface area contributed by atoms with Crippen LogP contribution in [0.5, 0.6) is 11.5 Å². The molecule has 4 rings (SSSR count). The lowest BCUT2D eigenvalue weighted by Gasteiger charge is -2.08. The van der Waals surface area contributed by atoms with E-state index in [-0.39, 0.29) is 22.9 Å². The van der Waals surface area contributed by atoms with Gasteiger partial charge in [-0.25, -0.2) is 0 Å². The quantitative estimate of drug-likeness (QED) is 0.336. The van der Waals surface area contributed by atoms with Gasteiger partial charge in [0.2, 0.25) is 0 Å². The summed E-state index contributed by atoms with van der Waals surface area (Å²) in [4.78, 5) is 27.3. The molecule has 0 unspecified atom stereocenters. The first-order valence-electron chi connectivity index (χ1n) is 9.66. The number of amides is 1. The number of hydrogen-bond acceptors (Lipinski definition) is 7. The van der Waals surface area contributed by atoms with Gasteiger partial charge in [-0.15, -0.1) is 0 Å². The van der Waals surface area contributed by atoms with Crippen LogP contribution in [0.2, 0.25) is 0 Å². The molecule has 0 bridgehead atoms. The number of aromatic nitrogens is 3. The largest absolute Gasteiger partial charge is 0.455 e. The number of anilines is 1. The summed E-state index contributed by atoms with van der Waals surface area (Å²) in [5.74, 6) is 0.679.